The lowest BCUT2D eigenvalue weighted by atomic mass is 9.38. The first-order chi connectivity index (χ1) is 18.4. The summed E-state index contributed by atoms with van der Waals surface area (Å²) in [7, 11) is 4.74. The molecule has 2 aromatic rings. The van der Waals surface area contributed by atoms with Crippen molar-refractivity contribution in [2.75, 3.05) is 46.3 Å². The summed E-state index contributed by atoms with van der Waals surface area (Å²) in [6.45, 7) is 2.44. The van der Waals surface area contributed by atoms with Crippen LogP contribution in [0.25, 0.3) is 0 Å². The number of benzene rings is 2. The number of piperidine rings is 1. The van der Waals surface area contributed by atoms with E-state index in [0.717, 1.165) is 61.8 Å². The van der Waals surface area contributed by atoms with Crippen molar-refractivity contribution in [2.45, 2.75) is 55.5 Å². The maximum absolute atomic E-state index is 14.0. The topological polar surface area (TPSA) is 73.9 Å². The van der Waals surface area contributed by atoms with Crippen LogP contribution in [0.3, 0.4) is 0 Å². The van der Waals surface area contributed by atoms with E-state index in [9.17, 15) is 9.59 Å². The number of carbonyl (C=O) groups is 2. The normalized spacial score (nSPS) is 37.4. The molecular weight excluding hydrogens is 480 g/mol. The maximum atomic E-state index is 14.0. The lowest BCUT2D eigenvalue weighted by molar-refractivity contribution is -0.949. The molecule has 7 heteroatoms. The number of Topliss-reactive ketones (excluding diaryl/α,β-unsaturated/α-hetero) is 1. The molecule has 3 spiro atoms. The molecule has 0 unspecified atom stereocenters. The summed E-state index contributed by atoms with van der Waals surface area (Å²) >= 11 is 0. The summed E-state index contributed by atoms with van der Waals surface area (Å²) < 4.78 is 17.2. The highest BCUT2D eigenvalue weighted by Gasteiger charge is 2.83. The average Bonchev–Trinajstić information content (AvgIpc) is 3.46. The number of anilines is 1. The monoisotopic (exact) mass is 517 g/mol. The molecule has 6 aliphatic rings. The van der Waals surface area contributed by atoms with Crippen molar-refractivity contribution in [3.05, 3.63) is 53.6 Å². The lowest BCUT2D eigenvalue weighted by Crippen LogP contribution is -2.80. The van der Waals surface area contributed by atoms with Crippen LogP contribution in [-0.4, -0.2) is 68.8 Å². The number of carbonyl (C=O) groups excluding carboxylic acids is 2. The average molecular weight is 518 g/mol. The number of nitrogens with zero attached hydrogens (tertiary/aromatic N) is 1. The molecule has 38 heavy (non-hydrogen) atoms. The van der Waals surface area contributed by atoms with E-state index in [4.69, 9.17) is 14.2 Å². The lowest BCUT2D eigenvalue weighted by Gasteiger charge is -2.69. The van der Waals surface area contributed by atoms with Gasteiger partial charge in [0.05, 0.1) is 51.3 Å². The third kappa shape index (κ3) is 2.73. The molecule has 2 bridgehead atoms. The second-order valence-electron chi connectivity index (χ2n) is 12.3. The Balaban J connectivity index is 1.36. The van der Waals surface area contributed by atoms with Crippen LogP contribution >= 0.6 is 0 Å². The second-order valence-corrected chi connectivity index (χ2v) is 12.3. The molecule has 2 saturated heterocycles. The van der Waals surface area contributed by atoms with Gasteiger partial charge in [0.2, 0.25) is 5.78 Å². The molecule has 7 nitrogen and oxygen atoms in total. The molecule has 1 N–H and O–H groups in total. The number of ketones is 1. The van der Waals surface area contributed by atoms with Crippen molar-refractivity contribution >= 4 is 17.4 Å². The van der Waals surface area contributed by atoms with E-state index >= 15 is 0 Å². The Morgan fingerprint density at radius 2 is 1.79 bits per heavy atom. The number of rotatable bonds is 6. The van der Waals surface area contributed by atoms with Crippen LogP contribution < -0.4 is 14.8 Å². The fraction of sp³-hybridized carbons (Fsp3) is 0.548. The minimum Gasteiger partial charge on any atom is -0.493 e. The number of para-hydroxylation sites is 1. The Labute approximate surface area is 224 Å². The zero-order valence-electron chi connectivity index (χ0n) is 22.5. The summed E-state index contributed by atoms with van der Waals surface area (Å²) in [6, 6.07) is 14.5. The molecule has 2 aromatic carbocycles. The van der Waals surface area contributed by atoms with Crippen LogP contribution in [0.5, 0.6) is 11.5 Å². The molecule has 0 radical (unpaired) electrons. The first-order valence-corrected chi connectivity index (χ1v) is 14.0. The first kappa shape index (κ1) is 24.0. The predicted octanol–water partition coefficient (Wildman–Crippen LogP) is 4.34. The van der Waals surface area contributed by atoms with Gasteiger partial charge in [-0.25, -0.2) is 0 Å². The number of esters is 1. The predicted molar refractivity (Wildman–Crippen MR) is 143 cm³/mol. The van der Waals surface area contributed by atoms with E-state index in [-0.39, 0.29) is 34.0 Å². The third-order valence-corrected chi connectivity index (χ3v) is 11.3. The minimum absolute atomic E-state index is 0.0341. The van der Waals surface area contributed by atoms with E-state index in [1.165, 1.54) is 12.7 Å². The third-order valence-electron chi connectivity index (χ3n) is 11.3. The van der Waals surface area contributed by atoms with Crippen LogP contribution in [0.1, 0.15) is 54.4 Å². The number of hydrogen-bond donors (Lipinski definition) is 1. The smallest absolute Gasteiger partial charge is 0.311 e. The summed E-state index contributed by atoms with van der Waals surface area (Å²) in [5, 5.41) is 3.95. The van der Waals surface area contributed by atoms with Crippen molar-refractivity contribution in [2.24, 2.45) is 11.3 Å². The Bertz CT molecular complexity index is 1340. The van der Waals surface area contributed by atoms with Crippen LogP contribution in [0.2, 0.25) is 0 Å². The first-order valence-electron chi connectivity index (χ1n) is 14.0. The number of ether oxygens (including phenoxy) is 3. The zero-order chi connectivity index (χ0) is 26.3. The van der Waals surface area contributed by atoms with E-state index in [1.54, 1.807) is 14.2 Å². The van der Waals surface area contributed by atoms with Crippen molar-refractivity contribution in [3.8, 4) is 11.5 Å². The Hall–Kier alpha value is -3.06. The van der Waals surface area contributed by atoms with Crippen LogP contribution in [0.15, 0.2) is 42.5 Å². The van der Waals surface area contributed by atoms with E-state index in [1.807, 2.05) is 18.2 Å². The Morgan fingerprint density at radius 1 is 0.974 bits per heavy atom. The molecule has 3 aliphatic heterocycles. The highest BCUT2D eigenvalue weighted by molar-refractivity contribution is 5.97. The van der Waals surface area contributed by atoms with Gasteiger partial charge in [-0.05, 0) is 61.9 Å². The number of quaternary nitrogens is 1. The van der Waals surface area contributed by atoms with Crippen LogP contribution in [0.4, 0.5) is 5.69 Å². The number of methoxy groups -OCH3 is 3. The van der Waals surface area contributed by atoms with Gasteiger partial charge < -0.3 is 24.0 Å². The second kappa shape index (κ2) is 7.98. The van der Waals surface area contributed by atoms with E-state index < -0.39 is 0 Å². The maximum Gasteiger partial charge on any atom is 0.311 e. The standard InChI is InChI=1S/C31H37N2O5/c1-36-25-10-9-20(17-26(25)37-2)24(34)19-33-15-6-11-29-12-13-31(22(18-29)27(35)38-3)30(14-16-33,28(29)33)21-7-4-5-8-23(21)32-31/h4-5,7-10,17,22,28,32H,6,11-16,18-19H2,1-3H3/q+1/t22-,28-,29+,30+,31+,33-/m0/s1. The van der Waals surface area contributed by atoms with Gasteiger partial charge in [-0.15, -0.1) is 0 Å². The molecule has 200 valence electrons. The van der Waals surface area contributed by atoms with Gasteiger partial charge in [-0.2, -0.15) is 0 Å². The summed E-state index contributed by atoms with van der Waals surface area (Å²) in [4.78, 5) is 27.4. The Kier molecular flexibility index (Phi) is 5.04. The highest BCUT2D eigenvalue weighted by Crippen LogP contribution is 2.75. The fourth-order valence-corrected chi connectivity index (χ4v) is 10.2. The number of nitrogens with one attached hydrogen (secondary N) is 1. The van der Waals surface area contributed by atoms with Crippen molar-refractivity contribution in [1.29, 1.82) is 0 Å². The summed E-state index contributed by atoms with van der Waals surface area (Å²) in [6.07, 6.45) is 6.10. The highest BCUT2D eigenvalue weighted by atomic mass is 16.5. The fourth-order valence-electron chi connectivity index (χ4n) is 10.2. The SMILES string of the molecule is COC(=O)[C@@H]1C[C@@]23CCC[N@@+]4(CC(=O)c5ccc(OC)c(OC)c5)CC[C@@]5(c6ccccc6N[C@]15CC2)[C@H]34. The Morgan fingerprint density at radius 3 is 2.58 bits per heavy atom. The van der Waals surface area contributed by atoms with Gasteiger partial charge in [-0.3, -0.25) is 9.59 Å². The minimum atomic E-state index is -0.361. The van der Waals surface area contributed by atoms with Crippen LogP contribution in [0, 0.1) is 11.3 Å². The molecular formula is C31H37N2O5+. The van der Waals surface area contributed by atoms with Crippen molar-refractivity contribution in [3.63, 3.8) is 0 Å². The van der Waals surface area contributed by atoms with E-state index in [0.29, 0.717) is 29.6 Å². The molecule has 5 fully saturated rings. The molecule has 8 rings (SSSR count). The molecule has 3 aliphatic carbocycles. The number of hydrogen-bond acceptors (Lipinski definition) is 6. The molecule has 3 heterocycles. The van der Waals surface area contributed by atoms with Crippen molar-refractivity contribution < 1.29 is 28.3 Å². The van der Waals surface area contributed by atoms with Gasteiger partial charge in [0.15, 0.2) is 11.5 Å². The number of fused-ring (bicyclic) bond motifs is 3. The van der Waals surface area contributed by atoms with E-state index in [2.05, 4.69) is 29.6 Å². The summed E-state index contributed by atoms with van der Waals surface area (Å²) in [5.41, 5.74) is 2.67. The molecule has 0 amide bonds. The quantitative estimate of drug-likeness (QED) is 0.349. The van der Waals surface area contributed by atoms with Crippen molar-refractivity contribution in [1.82, 2.24) is 0 Å². The van der Waals surface area contributed by atoms with Gasteiger partial charge in [0, 0.05) is 23.1 Å². The molecule has 3 saturated carbocycles. The zero-order valence-corrected chi connectivity index (χ0v) is 22.5. The van der Waals surface area contributed by atoms with Gasteiger partial charge in [0.25, 0.3) is 0 Å². The van der Waals surface area contributed by atoms with Gasteiger partial charge in [0.1, 0.15) is 12.6 Å². The summed E-state index contributed by atoms with van der Waals surface area (Å²) in [5.74, 6) is 1.10. The largest absolute Gasteiger partial charge is 0.493 e. The molecule has 6 atom stereocenters. The van der Waals surface area contributed by atoms with Gasteiger partial charge >= 0.3 is 5.97 Å². The van der Waals surface area contributed by atoms with Crippen LogP contribution in [-0.2, 0) is 14.9 Å². The van der Waals surface area contributed by atoms with Gasteiger partial charge in [-0.1, -0.05) is 18.2 Å². The molecule has 0 aromatic heterocycles.